The first-order chi connectivity index (χ1) is 9.63. The average Bonchev–Trinajstić information content (AvgIpc) is 2.82. The molecule has 1 heterocycles. The summed E-state index contributed by atoms with van der Waals surface area (Å²) < 4.78 is 15.8. The molecular formula is C14H19FN4S. The van der Waals surface area contributed by atoms with E-state index in [9.17, 15) is 4.39 Å². The largest absolute Gasteiger partial charge is 0.310 e. The SMILES string of the molecule is CCCNC(C)c1c(F)cccc1Sc1ncnn1C. The lowest BCUT2D eigenvalue weighted by atomic mass is 10.1. The summed E-state index contributed by atoms with van der Waals surface area (Å²) in [4.78, 5) is 5.05. The van der Waals surface area contributed by atoms with Gasteiger partial charge in [-0.25, -0.2) is 14.1 Å². The molecule has 1 aromatic heterocycles. The highest BCUT2D eigenvalue weighted by molar-refractivity contribution is 7.99. The van der Waals surface area contributed by atoms with E-state index in [1.165, 1.54) is 24.2 Å². The topological polar surface area (TPSA) is 42.7 Å². The Balaban J connectivity index is 2.28. The predicted molar refractivity (Wildman–Crippen MR) is 78.2 cm³/mol. The molecule has 1 aromatic carbocycles. The lowest BCUT2D eigenvalue weighted by Crippen LogP contribution is -2.21. The minimum absolute atomic E-state index is 0.0353. The Labute approximate surface area is 122 Å². The van der Waals surface area contributed by atoms with Gasteiger partial charge in [0.2, 0.25) is 0 Å². The van der Waals surface area contributed by atoms with Crippen LogP contribution in [0, 0.1) is 5.82 Å². The molecule has 20 heavy (non-hydrogen) atoms. The van der Waals surface area contributed by atoms with Crippen molar-refractivity contribution < 1.29 is 4.39 Å². The quantitative estimate of drug-likeness (QED) is 0.888. The zero-order chi connectivity index (χ0) is 14.5. The molecule has 6 heteroatoms. The first kappa shape index (κ1) is 15.0. The lowest BCUT2D eigenvalue weighted by Gasteiger charge is -2.18. The fraction of sp³-hybridized carbons (Fsp3) is 0.429. The zero-order valence-electron chi connectivity index (χ0n) is 11.9. The number of hydrogen-bond acceptors (Lipinski definition) is 4. The third kappa shape index (κ3) is 3.37. The van der Waals surface area contributed by atoms with Crippen molar-refractivity contribution in [2.45, 2.75) is 36.4 Å². The van der Waals surface area contributed by atoms with E-state index < -0.39 is 0 Å². The number of nitrogens with one attached hydrogen (secondary N) is 1. The monoisotopic (exact) mass is 294 g/mol. The maximum Gasteiger partial charge on any atom is 0.190 e. The number of rotatable bonds is 6. The number of benzene rings is 1. The summed E-state index contributed by atoms with van der Waals surface area (Å²) in [7, 11) is 1.83. The van der Waals surface area contributed by atoms with Crippen LogP contribution in [0.2, 0.25) is 0 Å². The predicted octanol–water partition coefficient (Wildman–Crippen LogP) is 3.17. The fourth-order valence-corrected chi connectivity index (χ4v) is 2.97. The number of halogens is 1. The summed E-state index contributed by atoms with van der Waals surface area (Å²) in [6.07, 6.45) is 2.52. The molecule has 1 atom stereocenters. The molecule has 0 aliphatic carbocycles. The third-order valence-electron chi connectivity index (χ3n) is 3.02. The molecule has 0 saturated carbocycles. The second-order valence-corrected chi connectivity index (χ2v) is 5.60. The number of nitrogens with zero attached hydrogens (tertiary/aromatic N) is 3. The molecule has 4 nitrogen and oxygen atoms in total. The molecule has 0 aliphatic heterocycles. The Morgan fingerprint density at radius 1 is 1.45 bits per heavy atom. The first-order valence-electron chi connectivity index (χ1n) is 6.67. The van der Waals surface area contributed by atoms with E-state index in [1.807, 2.05) is 20.0 Å². The minimum Gasteiger partial charge on any atom is -0.310 e. The van der Waals surface area contributed by atoms with Gasteiger partial charge in [0.1, 0.15) is 12.1 Å². The van der Waals surface area contributed by atoms with Crippen LogP contribution in [0.4, 0.5) is 4.39 Å². The van der Waals surface area contributed by atoms with Crippen molar-refractivity contribution in [2.75, 3.05) is 6.54 Å². The highest BCUT2D eigenvalue weighted by Crippen LogP contribution is 2.33. The number of aryl methyl sites for hydroxylation is 1. The van der Waals surface area contributed by atoms with Crippen molar-refractivity contribution in [3.05, 3.63) is 35.9 Å². The van der Waals surface area contributed by atoms with E-state index in [4.69, 9.17) is 0 Å². The Kier molecular flexibility index (Phi) is 5.14. The summed E-state index contributed by atoms with van der Waals surface area (Å²) in [6, 6.07) is 5.11. The Bertz CT molecular complexity index is 570. The zero-order valence-corrected chi connectivity index (χ0v) is 12.7. The van der Waals surface area contributed by atoms with Gasteiger partial charge in [-0.2, -0.15) is 5.10 Å². The van der Waals surface area contributed by atoms with Crippen LogP contribution < -0.4 is 5.32 Å². The van der Waals surface area contributed by atoms with Crippen LogP contribution in [-0.2, 0) is 7.05 Å². The van der Waals surface area contributed by atoms with Gasteiger partial charge in [-0.15, -0.1) is 0 Å². The van der Waals surface area contributed by atoms with Crippen molar-refractivity contribution in [1.82, 2.24) is 20.1 Å². The molecule has 1 N–H and O–H groups in total. The highest BCUT2D eigenvalue weighted by Gasteiger charge is 2.17. The van der Waals surface area contributed by atoms with Crippen molar-refractivity contribution in [3.63, 3.8) is 0 Å². The van der Waals surface area contributed by atoms with Crippen LogP contribution in [-0.4, -0.2) is 21.3 Å². The first-order valence-corrected chi connectivity index (χ1v) is 7.48. The smallest absolute Gasteiger partial charge is 0.190 e. The molecule has 0 amide bonds. The van der Waals surface area contributed by atoms with Gasteiger partial charge in [0.15, 0.2) is 5.16 Å². The fourth-order valence-electron chi connectivity index (χ4n) is 1.97. The summed E-state index contributed by atoms with van der Waals surface area (Å²) in [5, 5.41) is 8.11. The van der Waals surface area contributed by atoms with Gasteiger partial charge < -0.3 is 5.32 Å². The maximum absolute atomic E-state index is 14.2. The van der Waals surface area contributed by atoms with Crippen LogP contribution in [0.5, 0.6) is 0 Å². The van der Waals surface area contributed by atoms with E-state index >= 15 is 0 Å². The second kappa shape index (κ2) is 6.85. The molecule has 0 aliphatic rings. The van der Waals surface area contributed by atoms with Gasteiger partial charge in [0, 0.05) is 23.5 Å². The van der Waals surface area contributed by atoms with E-state index in [1.54, 1.807) is 10.7 Å². The minimum atomic E-state index is -0.187. The van der Waals surface area contributed by atoms with E-state index in [-0.39, 0.29) is 11.9 Å². The summed E-state index contributed by atoms with van der Waals surface area (Å²) >= 11 is 1.43. The van der Waals surface area contributed by atoms with Crippen molar-refractivity contribution in [3.8, 4) is 0 Å². The molecule has 2 aromatic rings. The van der Waals surface area contributed by atoms with Crippen LogP contribution in [0.25, 0.3) is 0 Å². The molecule has 1 unspecified atom stereocenters. The molecule has 108 valence electrons. The Hall–Kier alpha value is -1.40. The van der Waals surface area contributed by atoms with Crippen LogP contribution in [0.3, 0.4) is 0 Å². The van der Waals surface area contributed by atoms with Gasteiger partial charge in [0.05, 0.1) is 0 Å². The summed E-state index contributed by atoms with van der Waals surface area (Å²) in [6.45, 7) is 4.94. The maximum atomic E-state index is 14.2. The Morgan fingerprint density at radius 2 is 2.25 bits per heavy atom. The van der Waals surface area contributed by atoms with E-state index in [0.29, 0.717) is 5.56 Å². The number of aromatic nitrogens is 3. The second-order valence-electron chi connectivity index (χ2n) is 4.60. The van der Waals surface area contributed by atoms with Gasteiger partial charge in [-0.1, -0.05) is 13.0 Å². The van der Waals surface area contributed by atoms with Crippen LogP contribution in [0.15, 0.2) is 34.6 Å². The van der Waals surface area contributed by atoms with Gasteiger partial charge in [0.25, 0.3) is 0 Å². The van der Waals surface area contributed by atoms with E-state index in [2.05, 4.69) is 22.3 Å². The van der Waals surface area contributed by atoms with Gasteiger partial charge >= 0.3 is 0 Å². The lowest BCUT2D eigenvalue weighted by molar-refractivity contribution is 0.518. The molecule has 0 bridgehead atoms. The van der Waals surface area contributed by atoms with Crippen molar-refractivity contribution in [2.24, 2.45) is 7.05 Å². The normalized spacial score (nSPS) is 12.6. The van der Waals surface area contributed by atoms with Crippen molar-refractivity contribution in [1.29, 1.82) is 0 Å². The van der Waals surface area contributed by atoms with Gasteiger partial charge in [-0.05, 0) is 43.8 Å². The van der Waals surface area contributed by atoms with Gasteiger partial charge in [-0.3, -0.25) is 0 Å². The molecular weight excluding hydrogens is 275 g/mol. The standard InChI is InChI=1S/C14H19FN4S/c1-4-8-16-10(2)13-11(15)6-5-7-12(13)20-14-17-9-18-19(14)3/h5-7,9-10,16H,4,8H2,1-3H3. The molecule has 0 fully saturated rings. The molecule has 0 radical (unpaired) electrons. The highest BCUT2D eigenvalue weighted by atomic mass is 32.2. The summed E-state index contributed by atoms with van der Waals surface area (Å²) in [5.41, 5.74) is 0.689. The van der Waals surface area contributed by atoms with Crippen LogP contribution >= 0.6 is 11.8 Å². The number of hydrogen-bond donors (Lipinski definition) is 1. The summed E-state index contributed by atoms with van der Waals surface area (Å²) in [5.74, 6) is -0.187. The van der Waals surface area contributed by atoms with E-state index in [0.717, 1.165) is 23.0 Å². The molecule has 2 rings (SSSR count). The Morgan fingerprint density at radius 3 is 2.90 bits per heavy atom. The van der Waals surface area contributed by atoms with Crippen LogP contribution in [0.1, 0.15) is 31.9 Å². The average molecular weight is 294 g/mol. The molecule has 0 saturated heterocycles. The van der Waals surface area contributed by atoms with Crippen molar-refractivity contribution >= 4 is 11.8 Å². The third-order valence-corrected chi connectivity index (χ3v) is 4.15. The molecule has 0 spiro atoms.